The number of hydrogen-bond donors (Lipinski definition) is 2. The fourth-order valence-electron chi connectivity index (χ4n) is 1.12. The number of carboxylic acid groups (broad SMARTS) is 1. The lowest BCUT2D eigenvalue weighted by molar-refractivity contribution is -0.137. The van der Waals surface area contributed by atoms with E-state index in [0.717, 1.165) is 0 Å². The SMILES string of the molecule is CN(CC(=O)NCC(=O)O)c1ccc(Cl)cn1. The first-order valence-corrected chi connectivity index (χ1v) is 5.18. The zero-order valence-electron chi connectivity index (χ0n) is 9.18. The lowest BCUT2D eigenvalue weighted by Gasteiger charge is -2.17. The van der Waals surface area contributed by atoms with Crippen molar-refractivity contribution in [2.45, 2.75) is 0 Å². The number of anilines is 1. The summed E-state index contributed by atoms with van der Waals surface area (Å²) in [5.74, 6) is -0.878. The minimum atomic E-state index is -1.08. The molecule has 0 aliphatic heterocycles. The van der Waals surface area contributed by atoms with Crippen molar-refractivity contribution in [1.29, 1.82) is 0 Å². The maximum atomic E-state index is 11.3. The number of aromatic nitrogens is 1. The fraction of sp³-hybridized carbons (Fsp3) is 0.300. The van der Waals surface area contributed by atoms with Crippen LogP contribution in [0, 0.1) is 0 Å². The third-order valence-electron chi connectivity index (χ3n) is 1.92. The van der Waals surface area contributed by atoms with Crippen molar-refractivity contribution in [3.8, 4) is 0 Å². The van der Waals surface area contributed by atoms with Gasteiger partial charge in [-0.05, 0) is 12.1 Å². The third-order valence-corrected chi connectivity index (χ3v) is 2.14. The van der Waals surface area contributed by atoms with Crippen LogP contribution in [0.2, 0.25) is 5.02 Å². The van der Waals surface area contributed by atoms with Gasteiger partial charge in [-0.1, -0.05) is 11.6 Å². The molecule has 0 aliphatic rings. The maximum absolute atomic E-state index is 11.3. The highest BCUT2D eigenvalue weighted by Crippen LogP contribution is 2.12. The second-order valence-corrected chi connectivity index (χ2v) is 3.80. The second kappa shape index (κ2) is 6.05. The van der Waals surface area contributed by atoms with Crippen LogP contribution in [0.3, 0.4) is 0 Å². The Labute approximate surface area is 103 Å². The van der Waals surface area contributed by atoms with Gasteiger partial charge in [0, 0.05) is 13.2 Å². The van der Waals surface area contributed by atoms with Gasteiger partial charge in [0.05, 0.1) is 11.6 Å². The van der Waals surface area contributed by atoms with Gasteiger partial charge in [-0.3, -0.25) is 9.59 Å². The first-order chi connectivity index (χ1) is 7.99. The summed E-state index contributed by atoms with van der Waals surface area (Å²) >= 11 is 5.68. The zero-order chi connectivity index (χ0) is 12.8. The first kappa shape index (κ1) is 13.2. The molecule has 6 nitrogen and oxygen atoms in total. The first-order valence-electron chi connectivity index (χ1n) is 4.80. The van der Waals surface area contributed by atoms with Gasteiger partial charge in [0.25, 0.3) is 0 Å². The van der Waals surface area contributed by atoms with Crippen LogP contribution in [0.4, 0.5) is 5.82 Å². The molecule has 0 radical (unpaired) electrons. The van der Waals surface area contributed by atoms with Crippen LogP contribution in [0.1, 0.15) is 0 Å². The monoisotopic (exact) mass is 257 g/mol. The van der Waals surface area contributed by atoms with Crippen LogP contribution in [-0.4, -0.2) is 42.1 Å². The van der Waals surface area contributed by atoms with Crippen molar-refractivity contribution in [3.05, 3.63) is 23.4 Å². The molecule has 1 aromatic heterocycles. The minimum absolute atomic E-state index is 0.0297. The summed E-state index contributed by atoms with van der Waals surface area (Å²) in [5.41, 5.74) is 0. The predicted octanol–water partition coefficient (Wildman–Crippen LogP) is 0.372. The molecule has 17 heavy (non-hydrogen) atoms. The Balaban J connectivity index is 2.48. The number of pyridine rings is 1. The van der Waals surface area contributed by atoms with Crippen molar-refractivity contribution in [1.82, 2.24) is 10.3 Å². The standard InChI is InChI=1S/C10H12ClN3O3/c1-14(6-9(15)13-5-10(16)17)8-3-2-7(11)4-12-8/h2-4H,5-6H2,1H3,(H,13,15)(H,16,17). The van der Waals surface area contributed by atoms with Gasteiger partial charge in [0.1, 0.15) is 12.4 Å². The quantitative estimate of drug-likeness (QED) is 0.797. The van der Waals surface area contributed by atoms with Crippen molar-refractivity contribution in [2.75, 3.05) is 25.0 Å². The third kappa shape index (κ3) is 4.69. The largest absolute Gasteiger partial charge is 0.480 e. The van der Waals surface area contributed by atoms with E-state index in [1.807, 2.05) is 0 Å². The number of aliphatic carboxylic acids is 1. The molecule has 0 aliphatic carbocycles. The number of nitrogens with zero attached hydrogens (tertiary/aromatic N) is 2. The summed E-state index contributed by atoms with van der Waals surface area (Å²) in [6.07, 6.45) is 1.47. The summed E-state index contributed by atoms with van der Waals surface area (Å²) in [7, 11) is 1.68. The molecule has 1 aromatic rings. The fourth-order valence-corrected chi connectivity index (χ4v) is 1.23. The molecule has 0 atom stereocenters. The van der Waals surface area contributed by atoms with E-state index >= 15 is 0 Å². The van der Waals surface area contributed by atoms with Gasteiger partial charge in [-0.2, -0.15) is 0 Å². The van der Waals surface area contributed by atoms with Gasteiger partial charge in [-0.25, -0.2) is 4.98 Å². The summed E-state index contributed by atoms with van der Waals surface area (Å²) in [5, 5.41) is 11.2. The molecule has 92 valence electrons. The van der Waals surface area contributed by atoms with Crippen molar-refractivity contribution >= 4 is 29.3 Å². The Morgan fingerprint density at radius 3 is 2.76 bits per heavy atom. The average Bonchev–Trinajstić information content (AvgIpc) is 2.27. The molecular weight excluding hydrogens is 246 g/mol. The average molecular weight is 258 g/mol. The molecular formula is C10H12ClN3O3. The van der Waals surface area contributed by atoms with Crippen LogP contribution in [0.5, 0.6) is 0 Å². The Morgan fingerprint density at radius 2 is 2.24 bits per heavy atom. The lowest BCUT2D eigenvalue weighted by atomic mass is 10.4. The normalized spacial score (nSPS) is 9.76. The summed E-state index contributed by atoms with van der Waals surface area (Å²) in [4.78, 5) is 27.2. The van der Waals surface area contributed by atoms with Gasteiger partial charge in [-0.15, -0.1) is 0 Å². The molecule has 1 rings (SSSR count). The molecule has 0 fully saturated rings. The molecule has 1 amide bonds. The topological polar surface area (TPSA) is 82.5 Å². The molecule has 2 N–H and O–H groups in total. The molecule has 0 saturated carbocycles. The Bertz CT molecular complexity index is 408. The number of rotatable bonds is 5. The van der Waals surface area contributed by atoms with Crippen molar-refractivity contribution in [3.63, 3.8) is 0 Å². The summed E-state index contributed by atoms with van der Waals surface area (Å²) < 4.78 is 0. The van der Waals surface area contributed by atoms with Gasteiger partial charge in [0.2, 0.25) is 5.91 Å². The molecule has 0 unspecified atom stereocenters. The van der Waals surface area contributed by atoms with E-state index in [1.165, 1.54) is 6.20 Å². The summed E-state index contributed by atoms with van der Waals surface area (Å²) in [6, 6.07) is 3.34. The number of carbonyl (C=O) groups is 2. The lowest BCUT2D eigenvalue weighted by Crippen LogP contribution is -2.37. The molecule has 0 aromatic carbocycles. The van der Waals surface area contributed by atoms with E-state index in [0.29, 0.717) is 10.8 Å². The molecule has 1 heterocycles. The molecule has 0 spiro atoms. The predicted molar refractivity (Wildman–Crippen MR) is 63.2 cm³/mol. The van der Waals surface area contributed by atoms with E-state index in [9.17, 15) is 9.59 Å². The number of carboxylic acids is 1. The Kier molecular flexibility index (Phi) is 4.71. The van der Waals surface area contributed by atoms with Gasteiger partial charge < -0.3 is 15.3 Å². The number of carbonyl (C=O) groups excluding carboxylic acids is 1. The van der Waals surface area contributed by atoms with Crippen LogP contribution in [0.15, 0.2) is 18.3 Å². The number of amides is 1. The van der Waals surface area contributed by atoms with Gasteiger partial charge in [0.15, 0.2) is 0 Å². The maximum Gasteiger partial charge on any atom is 0.322 e. The number of hydrogen-bond acceptors (Lipinski definition) is 4. The number of likely N-dealkylation sites (N-methyl/N-ethyl adjacent to an activating group) is 1. The van der Waals surface area contributed by atoms with Crippen LogP contribution < -0.4 is 10.2 Å². The van der Waals surface area contributed by atoms with Gasteiger partial charge >= 0.3 is 5.97 Å². The zero-order valence-corrected chi connectivity index (χ0v) is 9.94. The Morgan fingerprint density at radius 1 is 1.53 bits per heavy atom. The Hall–Kier alpha value is -1.82. The highest BCUT2D eigenvalue weighted by atomic mass is 35.5. The molecule has 7 heteroatoms. The highest BCUT2D eigenvalue weighted by Gasteiger charge is 2.09. The van der Waals surface area contributed by atoms with E-state index in [-0.39, 0.29) is 19.0 Å². The van der Waals surface area contributed by atoms with Crippen molar-refractivity contribution < 1.29 is 14.7 Å². The molecule has 0 saturated heterocycles. The molecule has 0 bridgehead atoms. The van der Waals surface area contributed by atoms with E-state index in [2.05, 4.69) is 10.3 Å². The number of nitrogens with one attached hydrogen (secondary N) is 1. The van der Waals surface area contributed by atoms with Crippen molar-refractivity contribution in [2.24, 2.45) is 0 Å². The number of halogens is 1. The second-order valence-electron chi connectivity index (χ2n) is 3.36. The van der Waals surface area contributed by atoms with E-state index in [4.69, 9.17) is 16.7 Å². The smallest absolute Gasteiger partial charge is 0.322 e. The van der Waals surface area contributed by atoms with E-state index in [1.54, 1.807) is 24.1 Å². The van der Waals surface area contributed by atoms with Crippen LogP contribution in [0.25, 0.3) is 0 Å². The van der Waals surface area contributed by atoms with Crippen LogP contribution >= 0.6 is 11.6 Å². The van der Waals surface area contributed by atoms with E-state index < -0.39 is 5.97 Å². The summed E-state index contributed by atoms with van der Waals surface area (Å²) in [6.45, 7) is -0.358. The minimum Gasteiger partial charge on any atom is -0.480 e. The highest BCUT2D eigenvalue weighted by molar-refractivity contribution is 6.30. The van der Waals surface area contributed by atoms with Crippen LogP contribution in [-0.2, 0) is 9.59 Å².